The summed E-state index contributed by atoms with van der Waals surface area (Å²) in [7, 11) is 1.47. The molecule has 0 radical (unpaired) electrons. The van der Waals surface area contributed by atoms with Gasteiger partial charge in [0.05, 0.1) is 12.1 Å². The van der Waals surface area contributed by atoms with Crippen molar-refractivity contribution < 1.29 is 19.4 Å². The van der Waals surface area contributed by atoms with E-state index in [0.717, 1.165) is 6.42 Å². The molecule has 2 rings (SSSR count). The Morgan fingerprint density at radius 2 is 2.00 bits per heavy atom. The van der Waals surface area contributed by atoms with Crippen LogP contribution in [0, 0.1) is 5.92 Å². The second kappa shape index (κ2) is 8.97. The average Bonchev–Trinajstić information content (AvgIpc) is 2.57. The van der Waals surface area contributed by atoms with Gasteiger partial charge in [0.2, 0.25) is 5.91 Å². The van der Waals surface area contributed by atoms with Crippen LogP contribution in [0.2, 0.25) is 0 Å². The number of ether oxygens (including phenoxy) is 1. The minimum atomic E-state index is -0.779. The molecule has 0 aromatic heterocycles. The lowest BCUT2D eigenvalue weighted by atomic mass is 10.00. The van der Waals surface area contributed by atoms with E-state index in [1.54, 1.807) is 4.90 Å². The highest BCUT2D eigenvalue weighted by Gasteiger charge is 2.31. The Kier molecular flexibility index (Phi) is 6.96. The molecule has 138 valence electrons. The number of carbonyl (C=O) groups is 2. The fourth-order valence-corrected chi connectivity index (χ4v) is 3.06. The van der Waals surface area contributed by atoms with Gasteiger partial charge < -0.3 is 20.1 Å². The number of piperidine rings is 1. The quantitative estimate of drug-likeness (QED) is 0.810. The van der Waals surface area contributed by atoms with Gasteiger partial charge in [0.15, 0.2) is 0 Å². The zero-order chi connectivity index (χ0) is 18.4. The molecule has 2 atom stereocenters. The Labute approximate surface area is 149 Å². The molecule has 0 saturated carbocycles. The molecule has 2 amide bonds. The zero-order valence-electron chi connectivity index (χ0n) is 15.2. The van der Waals surface area contributed by atoms with Crippen molar-refractivity contribution in [3.8, 4) is 0 Å². The summed E-state index contributed by atoms with van der Waals surface area (Å²) in [5.41, 5.74) is 1.79. The van der Waals surface area contributed by atoms with E-state index in [2.05, 4.69) is 19.2 Å². The summed E-state index contributed by atoms with van der Waals surface area (Å²) in [5, 5.41) is 13.1. The van der Waals surface area contributed by atoms with Gasteiger partial charge in [0, 0.05) is 25.8 Å². The van der Waals surface area contributed by atoms with Crippen LogP contribution in [0.3, 0.4) is 0 Å². The van der Waals surface area contributed by atoms with Crippen molar-refractivity contribution in [1.82, 2.24) is 10.2 Å². The molecule has 0 bridgehead atoms. The second-order valence-electron chi connectivity index (χ2n) is 7.00. The summed E-state index contributed by atoms with van der Waals surface area (Å²) in [6, 6.07) is 7.22. The van der Waals surface area contributed by atoms with Gasteiger partial charge >= 0.3 is 0 Å². The number of amides is 2. The number of aliphatic hydroxyl groups excluding tert-OH is 1. The number of aliphatic hydroxyl groups is 1. The number of carbonyl (C=O) groups excluding carboxylic acids is 2. The van der Waals surface area contributed by atoms with E-state index in [9.17, 15) is 14.7 Å². The lowest BCUT2D eigenvalue weighted by molar-refractivity contribution is -0.138. The first-order chi connectivity index (χ1) is 11.9. The number of likely N-dealkylation sites (tertiary alicyclic amines) is 1. The molecule has 2 N–H and O–H groups in total. The van der Waals surface area contributed by atoms with Gasteiger partial charge in [-0.05, 0) is 36.5 Å². The fourth-order valence-electron chi connectivity index (χ4n) is 3.06. The summed E-state index contributed by atoms with van der Waals surface area (Å²) in [4.78, 5) is 25.8. The van der Waals surface area contributed by atoms with Crippen molar-refractivity contribution in [2.24, 2.45) is 5.92 Å². The Balaban J connectivity index is 1.89. The highest BCUT2D eigenvalue weighted by Crippen LogP contribution is 2.14. The first-order valence-corrected chi connectivity index (χ1v) is 8.75. The molecule has 1 aromatic rings. The van der Waals surface area contributed by atoms with E-state index < -0.39 is 6.10 Å². The van der Waals surface area contributed by atoms with Gasteiger partial charge in [-0.3, -0.25) is 9.59 Å². The molecule has 1 aliphatic heterocycles. The van der Waals surface area contributed by atoms with Gasteiger partial charge in [-0.2, -0.15) is 0 Å². The predicted molar refractivity (Wildman–Crippen MR) is 95.3 cm³/mol. The van der Waals surface area contributed by atoms with E-state index in [4.69, 9.17) is 4.74 Å². The number of methoxy groups -OCH3 is 1. The second-order valence-corrected chi connectivity index (χ2v) is 7.00. The number of nitrogens with one attached hydrogen (secondary N) is 1. The zero-order valence-corrected chi connectivity index (χ0v) is 15.2. The average molecular weight is 348 g/mol. The number of benzene rings is 1. The van der Waals surface area contributed by atoms with Crippen molar-refractivity contribution in [3.63, 3.8) is 0 Å². The largest absolute Gasteiger partial charge is 0.389 e. The number of rotatable bonds is 6. The van der Waals surface area contributed by atoms with E-state index in [-0.39, 0.29) is 31.0 Å². The van der Waals surface area contributed by atoms with E-state index in [0.29, 0.717) is 24.4 Å². The Bertz CT molecular complexity index is 586. The molecule has 1 heterocycles. The van der Waals surface area contributed by atoms with Crippen molar-refractivity contribution >= 4 is 11.8 Å². The molecule has 6 heteroatoms. The highest BCUT2D eigenvalue weighted by molar-refractivity contribution is 5.94. The van der Waals surface area contributed by atoms with Crippen molar-refractivity contribution in [3.05, 3.63) is 35.4 Å². The van der Waals surface area contributed by atoms with Crippen molar-refractivity contribution in [1.29, 1.82) is 0 Å². The third-order valence-corrected chi connectivity index (χ3v) is 4.38. The number of hydrogen-bond donors (Lipinski definition) is 2. The lowest BCUT2D eigenvalue weighted by Crippen LogP contribution is -2.55. The molecule has 0 aliphatic carbocycles. The number of hydrogen-bond acceptors (Lipinski definition) is 4. The number of β-amino-alcohol motifs (C(OH)–C–C–N with tert-alkyl or cyclic N) is 1. The topological polar surface area (TPSA) is 78.9 Å². The highest BCUT2D eigenvalue weighted by atomic mass is 16.5. The van der Waals surface area contributed by atoms with Gasteiger partial charge in [0.1, 0.15) is 6.61 Å². The smallest absolute Gasteiger partial charge is 0.251 e. The van der Waals surface area contributed by atoms with Crippen LogP contribution in [0.4, 0.5) is 0 Å². The third kappa shape index (κ3) is 5.54. The van der Waals surface area contributed by atoms with E-state index in [1.165, 1.54) is 12.7 Å². The standard InChI is InChI=1S/C19H28N2O4/c1-13(2)10-14-4-6-15(7-5-14)19(24)20-16-8-9-21(11-17(16)22)18(23)12-25-3/h4-7,13,16-17,22H,8-12H2,1-3H3,(H,20,24)/t16-,17-/m1/s1. The summed E-state index contributed by atoms with van der Waals surface area (Å²) >= 11 is 0. The molecular formula is C19H28N2O4. The van der Waals surface area contributed by atoms with Gasteiger partial charge in [0.25, 0.3) is 5.91 Å². The van der Waals surface area contributed by atoms with Crippen LogP contribution >= 0.6 is 0 Å². The molecule has 1 aromatic carbocycles. The SMILES string of the molecule is COCC(=O)N1CC[C@@H](NC(=O)c2ccc(CC(C)C)cc2)[C@H](O)C1. The first-order valence-electron chi connectivity index (χ1n) is 8.75. The van der Waals surface area contributed by atoms with Gasteiger partial charge in [-0.1, -0.05) is 26.0 Å². The van der Waals surface area contributed by atoms with Crippen molar-refractivity contribution in [2.45, 2.75) is 38.8 Å². The fraction of sp³-hybridized carbons (Fsp3) is 0.579. The molecule has 0 unspecified atom stereocenters. The normalized spacial score (nSPS) is 20.6. The van der Waals surface area contributed by atoms with Crippen LogP contribution in [0.1, 0.15) is 36.2 Å². The Hall–Kier alpha value is -1.92. The maximum Gasteiger partial charge on any atom is 0.251 e. The van der Waals surface area contributed by atoms with Crippen LogP contribution < -0.4 is 5.32 Å². The van der Waals surface area contributed by atoms with Crippen LogP contribution in [-0.4, -0.2) is 60.8 Å². The van der Waals surface area contributed by atoms with Crippen LogP contribution in [0.5, 0.6) is 0 Å². The molecule has 25 heavy (non-hydrogen) atoms. The summed E-state index contributed by atoms with van der Waals surface area (Å²) < 4.78 is 4.83. The summed E-state index contributed by atoms with van der Waals surface area (Å²) in [5.74, 6) is 0.227. The Morgan fingerprint density at radius 1 is 1.32 bits per heavy atom. The van der Waals surface area contributed by atoms with Crippen LogP contribution in [0.15, 0.2) is 24.3 Å². The van der Waals surface area contributed by atoms with Gasteiger partial charge in [-0.15, -0.1) is 0 Å². The first kappa shape index (κ1) is 19.4. The minimum Gasteiger partial charge on any atom is -0.389 e. The molecular weight excluding hydrogens is 320 g/mol. The van der Waals surface area contributed by atoms with Crippen molar-refractivity contribution in [2.75, 3.05) is 26.8 Å². The Morgan fingerprint density at radius 3 is 2.56 bits per heavy atom. The maximum absolute atomic E-state index is 12.4. The third-order valence-electron chi connectivity index (χ3n) is 4.38. The minimum absolute atomic E-state index is 0.00642. The predicted octanol–water partition coefficient (Wildman–Crippen LogP) is 1.22. The van der Waals surface area contributed by atoms with E-state index >= 15 is 0 Å². The van der Waals surface area contributed by atoms with E-state index in [1.807, 2.05) is 24.3 Å². The molecule has 1 saturated heterocycles. The molecule has 0 spiro atoms. The maximum atomic E-state index is 12.4. The van der Waals surface area contributed by atoms with Gasteiger partial charge in [-0.25, -0.2) is 0 Å². The molecule has 1 fully saturated rings. The van der Waals surface area contributed by atoms with Crippen LogP contribution in [-0.2, 0) is 16.0 Å². The number of nitrogens with zero attached hydrogens (tertiary/aromatic N) is 1. The van der Waals surface area contributed by atoms with Crippen LogP contribution in [0.25, 0.3) is 0 Å². The summed E-state index contributed by atoms with van der Waals surface area (Å²) in [6.45, 7) is 5.03. The lowest BCUT2D eigenvalue weighted by Gasteiger charge is -2.36. The molecule has 6 nitrogen and oxygen atoms in total. The monoisotopic (exact) mass is 348 g/mol. The summed E-state index contributed by atoms with van der Waals surface area (Å²) in [6.07, 6.45) is 0.723. The molecule has 1 aliphatic rings.